The summed E-state index contributed by atoms with van der Waals surface area (Å²) in [6.07, 6.45) is 0. The van der Waals surface area contributed by atoms with Crippen molar-refractivity contribution in [3.8, 4) is 11.5 Å². The third kappa shape index (κ3) is 5.32. The molecule has 0 saturated heterocycles. The van der Waals surface area contributed by atoms with Gasteiger partial charge in [-0.05, 0) is 48.5 Å². The van der Waals surface area contributed by atoms with E-state index in [9.17, 15) is 9.59 Å². The van der Waals surface area contributed by atoms with E-state index in [1.54, 1.807) is 24.3 Å². The van der Waals surface area contributed by atoms with E-state index in [0.717, 1.165) is 0 Å². The van der Waals surface area contributed by atoms with Gasteiger partial charge in [-0.2, -0.15) is 4.08 Å². The lowest BCUT2D eigenvalue weighted by atomic mass is 10.2. The van der Waals surface area contributed by atoms with Crippen LogP contribution in [-0.4, -0.2) is 26.2 Å². The van der Waals surface area contributed by atoms with E-state index in [-0.39, 0.29) is 0 Å². The monoisotopic (exact) mass is 384 g/mol. The summed E-state index contributed by atoms with van der Waals surface area (Å²) in [6.45, 7) is 0. The van der Waals surface area contributed by atoms with E-state index < -0.39 is 20.5 Å². The molecule has 0 fully saturated rings. The lowest BCUT2D eigenvalue weighted by Gasteiger charge is -2.14. The van der Waals surface area contributed by atoms with Crippen LogP contribution in [0.4, 0.5) is 0 Å². The average molecular weight is 385 g/mol. The predicted molar refractivity (Wildman–Crippen MR) is 90.7 cm³/mol. The number of carbonyl (C=O) groups is 2. The number of rotatable bonds is 7. The van der Waals surface area contributed by atoms with Crippen molar-refractivity contribution in [1.82, 2.24) is 0 Å². The standard InChI is InChI=1S/C16H14ClO7P/c1-20-15(18)11-3-7-13(8-4-11)22-25(24-17)23-14-9-5-12(6-10-14)16(19)21-2/h3-10H,1-2H3. The highest BCUT2D eigenvalue weighted by molar-refractivity contribution is 7.43. The van der Waals surface area contributed by atoms with Gasteiger partial charge in [0, 0.05) is 0 Å². The molecular formula is C16H14ClO7P. The second-order valence-corrected chi connectivity index (χ2v) is 5.87. The lowest BCUT2D eigenvalue weighted by Crippen LogP contribution is -2.02. The first-order valence-corrected chi connectivity index (χ1v) is 8.29. The largest absolute Gasteiger partial charge is 0.481 e. The normalized spacial score (nSPS) is 10.2. The Morgan fingerprint density at radius 3 is 1.40 bits per heavy atom. The smallest absolute Gasteiger partial charge is 0.465 e. The van der Waals surface area contributed by atoms with Crippen LogP contribution >= 0.6 is 20.5 Å². The molecule has 2 aromatic carbocycles. The molecule has 0 atom stereocenters. The molecule has 0 aliphatic rings. The van der Waals surface area contributed by atoms with E-state index >= 15 is 0 Å². The van der Waals surface area contributed by atoms with E-state index in [4.69, 9.17) is 20.9 Å². The fourth-order valence-electron chi connectivity index (χ4n) is 1.76. The highest BCUT2D eigenvalue weighted by Crippen LogP contribution is 2.42. The fraction of sp³-hybridized carbons (Fsp3) is 0.125. The molecule has 0 aliphatic carbocycles. The highest BCUT2D eigenvalue weighted by Gasteiger charge is 2.18. The van der Waals surface area contributed by atoms with Gasteiger partial charge in [0.25, 0.3) is 0 Å². The van der Waals surface area contributed by atoms with E-state index in [0.29, 0.717) is 22.6 Å². The van der Waals surface area contributed by atoms with Gasteiger partial charge in [-0.15, -0.1) is 0 Å². The predicted octanol–water partition coefficient (Wildman–Crippen LogP) is 4.11. The molecule has 0 amide bonds. The Bertz CT molecular complexity index is 657. The molecule has 0 bridgehead atoms. The van der Waals surface area contributed by atoms with Crippen molar-refractivity contribution in [2.75, 3.05) is 14.2 Å². The molecule has 0 saturated carbocycles. The van der Waals surface area contributed by atoms with Gasteiger partial charge in [-0.1, -0.05) is 0 Å². The second kappa shape index (κ2) is 9.22. The maximum absolute atomic E-state index is 11.4. The number of esters is 2. The van der Waals surface area contributed by atoms with Crippen LogP contribution in [0.25, 0.3) is 0 Å². The van der Waals surface area contributed by atoms with Crippen LogP contribution in [0.3, 0.4) is 0 Å². The number of carbonyl (C=O) groups excluding carboxylic acids is 2. The minimum Gasteiger partial charge on any atom is -0.465 e. The second-order valence-electron chi connectivity index (χ2n) is 4.51. The Morgan fingerprint density at radius 2 is 1.12 bits per heavy atom. The van der Waals surface area contributed by atoms with Crippen LogP contribution in [0.2, 0.25) is 0 Å². The minimum atomic E-state index is -1.94. The summed E-state index contributed by atoms with van der Waals surface area (Å²) in [5.74, 6) is -0.120. The van der Waals surface area contributed by atoms with Crippen LogP contribution < -0.4 is 9.05 Å². The molecule has 2 aromatic rings. The van der Waals surface area contributed by atoms with Crippen LogP contribution in [0, 0.1) is 0 Å². The maximum Gasteiger partial charge on any atom is 0.481 e. The van der Waals surface area contributed by atoms with Crippen molar-refractivity contribution in [3.63, 3.8) is 0 Å². The zero-order chi connectivity index (χ0) is 18.2. The molecule has 2 rings (SSSR count). The van der Waals surface area contributed by atoms with Crippen LogP contribution in [0.5, 0.6) is 11.5 Å². The highest BCUT2D eigenvalue weighted by atomic mass is 35.5. The molecule has 0 aromatic heterocycles. The topological polar surface area (TPSA) is 80.3 Å². The maximum atomic E-state index is 11.4. The first-order valence-electron chi connectivity index (χ1n) is 6.89. The number of methoxy groups -OCH3 is 2. The van der Waals surface area contributed by atoms with Crippen LogP contribution in [-0.2, 0) is 13.5 Å². The third-order valence-corrected chi connectivity index (χ3v) is 4.14. The molecule has 0 spiro atoms. The van der Waals surface area contributed by atoms with E-state index in [1.807, 2.05) is 0 Å². The van der Waals surface area contributed by atoms with Crippen LogP contribution in [0.15, 0.2) is 48.5 Å². The summed E-state index contributed by atoms with van der Waals surface area (Å²) in [4.78, 5) is 22.8. The third-order valence-electron chi connectivity index (χ3n) is 2.97. The molecule has 9 heteroatoms. The summed E-state index contributed by atoms with van der Waals surface area (Å²) in [5.41, 5.74) is 0.760. The molecule has 25 heavy (non-hydrogen) atoms. The Balaban J connectivity index is 2.00. The van der Waals surface area contributed by atoms with Gasteiger partial charge < -0.3 is 18.5 Å². The quantitative estimate of drug-likeness (QED) is 0.524. The minimum absolute atomic E-state index is 0.380. The summed E-state index contributed by atoms with van der Waals surface area (Å²) in [5, 5.41) is 0. The Morgan fingerprint density at radius 1 is 0.760 bits per heavy atom. The first kappa shape index (κ1) is 19.0. The zero-order valence-corrected chi connectivity index (χ0v) is 15.0. The summed E-state index contributed by atoms with van der Waals surface area (Å²) in [7, 11) is 0.661. The van der Waals surface area contributed by atoms with E-state index in [1.165, 1.54) is 38.5 Å². The van der Waals surface area contributed by atoms with Gasteiger partial charge in [0.15, 0.2) is 0 Å². The molecule has 7 nitrogen and oxygen atoms in total. The number of hydrogen-bond donors (Lipinski definition) is 0. The fourth-order valence-corrected chi connectivity index (χ4v) is 2.61. The van der Waals surface area contributed by atoms with Crippen molar-refractivity contribution in [2.24, 2.45) is 0 Å². The summed E-state index contributed by atoms with van der Waals surface area (Å²) >= 11 is 5.41. The lowest BCUT2D eigenvalue weighted by molar-refractivity contribution is 0.0592. The number of hydrogen-bond acceptors (Lipinski definition) is 7. The van der Waals surface area contributed by atoms with E-state index in [2.05, 4.69) is 13.5 Å². The van der Waals surface area contributed by atoms with Crippen molar-refractivity contribution in [1.29, 1.82) is 0 Å². The Kier molecular flexibility index (Phi) is 7.01. The van der Waals surface area contributed by atoms with Gasteiger partial charge >= 0.3 is 20.5 Å². The van der Waals surface area contributed by atoms with Crippen molar-refractivity contribution in [2.45, 2.75) is 0 Å². The number of ether oxygens (including phenoxy) is 2. The Labute approximate surface area is 150 Å². The number of benzene rings is 2. The molecule has 0 heterocycles. The number of halogens is 1. The van der Waals surface area contributed by atoms with Gasteiger partial charge in [0.2, 0.25) is 0 Å². The van der Waals surface area contributed by atoms with Gasteiger partial charge in [0.05, 0.1) is 37.2 Å². The summed E-state index contributed by atoms with van der Waals surface area (Å²) in [6, 6.07) is 12.4. The first-order chi connectivity index (χ1) is 12.1. The van der Waals surface area contributed by atoms with Crippen molar-refractivity contribution >= 4 is 32.4 Å². The average Bonchev–Trinajstić information content (AvgIpc) is 2.67. The molecular weight excluding hydrogens is 371 g/mol. The molecule has 0 radical (unpaired) electrons. The van der Waals surface area contributed by atoms with Gasteiger partial charge in [0.1, 0.15) is 11.5 Å². The van der Waals surface area contributed by atoms with Crippen molar-refractivity contribution in [3.05, 3.63) is 59.7 Å². The SMILES string of the molecule is COC(=O)c1ccc(OP(OCl)Oc2ccc(C(=O)OC)cc2)cc1. The molecule has 0 aliphatic heterocycles. The van der Waals surface area contributed by atoms with Gasteiger partial charge in [-0.25, -0.2) is 9.59 Å². The Hall–Kier alpha value is -2.34. The van der Waals surface area contributed by atoms with Gasteiger partial charge in [-0.3, -0.25) is 0 Å². The summed E-state index contributed by atoms with van der Waals surface area (Å²) < 4.78 is 24.8. The van der Waals surface area contributed by atoms with Crippen LogP contribution in [0.1, 0.15) is 20.7 Å². The zero-order valence-electron chi connectivity index (χ0n) is 13.3. The van der Waals surface area contributed by atoms with Crippen molar-refractivity contribution < 1.29 is 32.2 Å². The molecule has 0 N–H and O–H groups in total. The molecule has 0 unspecified atom stereocenters. The molecule has 132 valence electrons.